The van der Waals surface area contributed by atoms with Crippen molar-refractivity contribution in [3.8, 4) is 0 Å². The molecule has 2 aromatic carbocycles. The van der Waals surface area contributed by atoms with Crippen molar-refractivity contribution in [2.24, 2.45) is 0 Å². The summed E-state index contributed by atoms with van der Waals surface area (Å²) in [6.07, 6.45) is 0. The fourth-order valence-electron chi connectivity index (χ4n) is 2.83. The number of hydrogen-bond acceptors (Lipinski definition) is 4. The van der Waals surface area contributed by atoms with Crippen LogP contribution in [-0.2, 0) is 21.8 Å². The summed E-state index contributed by atoms with van der Waals surface area (Å²) >= 11 is 1.43. The normalized spacial score (nSPS) is 11.6. The number of hydrogen-bond donors (Lipinski definition) is 0. The van der Waals surface area contributed by atoms with Gasteiger partial charge in [-0.2, -0.15) is 0 Å². The van der Waals surface area contributed by atoms with E-state index in [0.717, 1.165) is 5.56 Å². The SMILES string of the molecule is CC(C)(C)OC(=O)Cn1c(SCc2ccc(F)cc2)cc(=O)c2ccccc21. The molecule has 28 heavy (non-hydrogen) atoms. The van der Waals surface area contributed by atoms with Gasteiger partial charge in [0, 0.05) is 17.2 Å². The first-order valence-corrected chi connectivity index (χ1v) is 9.93. The van der Waals surface area contributed by atoms with Crippen molar-refractivity contribution < 1.29 is 13.9 Å². The van der Waals surface area contributed by atoms with Crippen LogP contribution in [0.2, 0.25) is 0 Å². The van der Waals surface area contributed by atoms with Gasteiger partial charge in [-0.3, -0.25) is 9.59 Å². The first-order valence-electron chi connectivity index (χ1n) is 8.94. The van der Waals surface area contributed by atoms with E-state index in [2.05, 4.69) is 0 Å². The van der Waals surface area contributed by atoms with Crippen LogP contribution in [0.3, 0.4) is 0 Å². The average Bonchev–Trinajstić information content (AvgIpc) is 2.62. The second kappa shape index (κ2) is 8.19. The lowest BCUT2D eigenvalue weighted by Crippen LogP contribution is -2.27. The molecule has 3 rings (SSSR count). The first kappa shape index (κ1) is 20.1. The van der Waals surface area contributed by atoms with E-state index in [0.29, 0.717) is 21.7 Å². The smallest absolute Gasteiger partial charge is 0.326 e. The van der Waals surface area contributed by atoms with Crippen LogP contribution in [0.15, 0.2) is 64.4 Å². The summed E-state index contributed by atoms with van der Waals surface area (Å²) in [5.74, 6) is -0.113. The molecule has 0 N–H and O–H groups in total. The molecule has 0 radical (unpaired) electrons. The van der Waals surface area contributed by atoms with Gasteiger partial charge in [-0.05, 0) is 50.6 Å². The van der Waals surface area contributed by atoms with Crippen molar-refractivity contribution in [1.29, 1.82) is 0 Å². The van der Waals surface area contributed by atoms with Crippen molar-refractivity contribution in [3.63, 3.8) is 0 Å². The van der Waals surface area contributed by atoms with Gasteiger partial charge in [0.15, 0.2) is 5.43 Å². The molecular weight excluding hydrogens is 377 g/mol. The van der Waals surface area contributed by atoms with E-state index >= 15 is 0 Å². The Morgan fingerprint density at radius 3 is 2.46 bits per heavy atom. The van der Waals surface area contributed by atoms with Gasteiger partial charge >= 0.3 is 5.97 Å². The molecule has 1 heterocycles. The number of thioether (sulfide) groups is 1. The molecule has 6 heteroatoms. The Balaban J connectivity index is 1.96. The van der Waals surface area contributed by atoms with Gasteiger partial charge in [-0.25, -0.2) is 4.39 Å². The molecule has 1 aromatic heterocycles. The maximum Gasteiger partial charge on any atom is 0.326 e. The Bertz CT molecular complexity index is 1050. The van der Waals surface area contributed by atoms with Crippen LogP contribution >= 0.6 is 11.8 Å². The molecule has 0 fully saturated rings. The Morgan fingerprint density at radius 1 is 1.11 bits per heavy atom. The van der Waals surface area contributed by atoms with Crippen LogP contribution in [0.1, 0.15) is 26.3 Å². The van der Waals surface area contributed by atoms with Crippen LogP contribution in [0.4, 0.5) is 4.39 Å². The second-order valence-electron chi connectivity index (χ2n) is 7.45. The van der Waals surface area contributed by atoms with Crippen molar-refractivity contribution in [2.45, 2.75) is 43.7 Å². The van der Waals surface area contributed by atoms with Crippen LogP contribution < -0.4 is 5.43 Å². The number of carbonyl (C=O) groups is 1. The standard InChI is InChI=1S/C22H22FNO3S/c1-22(2,3)27-21(26)13-24-18-7-5-4-6-17(18)19(25)12-20(24)28-14-15-8-10-16(23)11-9-15/h4-12H,13-14H2,1-3H3. The summed E-state index contributed by atoms with van der Waals surface area (Å²) in [6.45, 7) is 5.46. The zero-order valence-corrected chi connectivity index (χ0v) is 16.9. The third kappa shape index (κ3) is 5.01. The molecule has 0 atom stereocenters. The zero-order valence-electron chi connectivity index (χ0n) is 16.1. The lowest BCUT2D eigenvalue weighted by molar-refractivity contribution is -0.155. The number of benzene rings is 2. The number of pyridine rings is 1. The molecule has 0 aliphatic rings. The fourth-order valence-corrected chi connectivity index (χ4v) is 3.84. The molecule has 0 amide bonds. The predicted octanol–water partition coefficient (Wildman–Crippen LogP) is 4.77. The number of esters is 1. The average molecular weight is 399 g/mol. The van der Waals surface area contributed by atoms with Crippen molar-refractivity contribution >= 4 is 28.6 Å². The largest absolute Gasteiger partial charge is 0.459 e. The second-order valence-corrected chi connectivity index (χ2v) is 8.45. The van der Waals surface area contributed by atoms with Crippen LogP contribution in [0, 0.1) is 5.82 Å². The molecule has 0 saturated heterocycles. The zero-order chi connectivity index (χ0) is 20.3. The highest BCUT2D eigenvalue weighted by Crippen LogP contribution is 2.26. The number of ether oxygens (including phenoxy) is 1. The van der Waals surface area contributed by atoms with Gasteiger partial charge in [0.05, 0.1) is 10.5 Å². The number of para-hydroxylation sites is 1. The molecule has 0 spiro atoms. The summed E-state index contributed by atoms with van der Waals surface area (Å²) in [4.78, 5) is 25.0. The van der Waals surface area contributed by atoms with Gasteiger partial charge in [0.2, 0.25) is 0 Å². The Morgan fingerprint density at radius 2 is 1.79 bits per heavy atom. The molecule has 0 bridgehead atoms. The maximum absolute atomic E-state index is 13.1. The van der Waals surface area contributed by atoms with Crippen molar-refractivity contribution in [1.82, 2.24) is 4.57 Å². The Labute approximate surface area is 167 Å². The van der Waals surface area contributed by atoms with E-state index in [-0.39, 0.29) is 23.8 Å². The number of carbonyl (C=O) groups excluding carboxylic acids is 1. The van der Waals surface area contributed by atoms with Gasteiger partial charge < -0.3 is 9.30 Å². The number of nitrogens with zero attached hydrogens (tertiary/aromatic N) is 1. The third-order valence-corrected chi connectivity index (χ3v) is 5.10. The lowest BCUT2D eigenvalue weighted by atomic mass is 10.2. The first-order chi connectivity index (χ1) is 13.2. The number of aromatic nitrogens is 1. The molecule has 0 unspecified atom stereocenters. The monoisotopic (exact) mass is 399 g/mol. The highest BCUT2D eigenvalue weighted by molar-refractivity contribution is 7.98. The van der Waals surface area contributed by atoms with Crippen molar-refractivity contribution in [2.75, 3.05) is 0 Å². The van der Waals surface area contributed by atoms with E-state index in [1.807, 2.05) is 32.9 Å². The quantitative estimate of drug-likeness (QED) is 0.458. The van der Waals surface area contributed by atoms with Gasteiger partial charge in [-0.1, -0.05) is 24.3 Å². The summed E-state index contributed by atoms with van der Waals surface area (Å²) in [7, 11) is 0. The van der Waals surface area contributed by atoms with E-state index < -0.39 is 5.60 Å². The van der Waals surface area contributed by atoms with E-state index in [1.165, 1.54) is 23.9 Å². The minimum Gasteiger partial charge on any atom is -0.459 e. The van der Waals surface area contributed by atoms with E-state index in [9.17, 15) is 14.0 Å². The van der Waals surface area contributed by atoms with E-state index in [4.69, 9.17) is 4.74 Å². The molecular formula is C22H22FNO3S. The van der Waals surface area contributed by atoms with Crippen molar-refractivity contribution in [3.05, 3.63) is 76.2 Å². The molecule has 0 aliphatic heterocycles. The summed E-state index contributed by atoms with van der Waals surface area (Å²) in [5.41, 5.74) is 0.920. The predicted molar refractivity (Wildman–Crippen MR) is 110 cm³/mol. The molecule has 0 aliphatic carbocycles. The third-order valence-electron chi connectivity index (χ3n) is 3.99. The number of rotatable bonds is 5. The lowest BCUT2D eigenvalue weighted by Gasteiger charge is -2.22. The van der Waals surface area contributed by atoms with Gasteiger partial charge in [0.25, 0.3) is 0 Å². The molecule has 0 saturated carbocycles. The minimum atomic E-state index is -0.590. The van der Waals surface area contributed by atoms with Crippen LogP contribution in [-0.4, -0.2) is 16.1 Å². The maximum atomic E-state index is 13.1. The number of halogens is 1. The highest BCUT2D eigenvalue weighted by Gasteiger charge is 2.19. The molecule has 146 valence electrons. The summed E-state index contributed by atoms with van der Waals surface area (Å²) in [5, 5.41) is 1.22. The minimum absolute atomic E-state index is 0.00378. The fraction of sp³-hybridized carbons (Fsp3) is 0.273. The molecule has 4 nitrogen and oxygen atoms in total. The van der Waals surface area contributed by atoms with Gasteiger partial charge in [-0.15, -0.1) is 11.8 Å². The topological polar surface area (TPSA) is 48.3 Å². The Hall–Kier alpha value is -2.60. The van der Waals surface area contributed by atoms with Crippen LogP contribution in [0.5, 0.6) is 0 Å². The number of fused-ring (bicyclic) bond motifs is 1. The highest BCUT2D eigenvalue weighted by atomic mass is 32.2. The van der Waals surface area contributed by atoms with Gasteiger partial charge in [0.1, 0.15) is 18.0 Å². The van der Waals surface area contributed by atoms with E-state index in [1.54, 1.807) is 34.9 Å². The molecule has 3 aromatic rings. The summed E-state index contributed by atoms with van der Waals surface area (Å²) in [6, 6.07) is 15.0. The Kier molecular flexibility index (Phi) is 5.89. The summed E-state index contributed by atoms with van der Waals surface area (Å²) < 4.78 is 20.4. The van der Waals surface area contributed by atoms with Crippen LogP contribution in [0.25, 0.3) is 10.9 Å².